The van der Waals surface area contributed by atoms with E-state index in [1.165, 1.54) is 0 Å². The third-order valence-electron chi connectivity index (χ3n) is 3.74. The summed E-state index contributed by atoms with van der Waals surface area (Å²) >= 11 is 0. The lowest BCUT2D eigenvalue weighted by Crippen LogP contribution is -2.50. The smallest absolute Gasteiger partial charge is 0.171 e. The molecule has 0 aliphatic carbocycles. The van der Waals surface area contributed by atoms with Crippen molar-refractivity contribution in [2.24, 2.45) is 0 Å². The van der Waals surface area contributed by atoms with Gasteiger partial charge < -0.3 is 9.64 Å². The van der Waals surface area contributed by atoms with Gasteiger partial charge in [-0.05, 0) is 18.6 Å². The Morgan fingerprint density at radius 1 is 1.40 bits per heavy atom. The van der Waals surface area contributed by atoms with Crippen molar-refractivity contribution in [3.05, 3.63) is 18.3 Å². The Labute approximate surface area is 120 Å². The average Bonchev–Trinajstić information content (AvgIpc) is 2.53. The second-order valence-electron chi connectivity index (χ2n) is 4.99. The minimum atomic E-state index is 0.0489. The molecule has 2 heterocycles. The van der Waals surface area contributed by atoms with Crippen molar-refractivity contribution in [1.29, 1.82) is 5.26 Å². The number of anilines is 1. The quantitative estimate of drug-likeness (QED) is 0.821. The highest BCUT2D eigenvalue weighted by Crippen LogP contribution is 2.26. The molecule has 0 bridgehead atoms. The van der Waals surface area contributed by atoms with Crippen molar-refractivity contribution in [3.63, 3.8) is 0 Å². The Balaban J connectivity index is 1.99. The summed E-state index contributed by atoms with van der Waals surface area (Å²) in [6.45, 7) is 5.69. The number of rotatable bonds is 5. The minimum absolute atomic E-state index is 0.0489. The highest BCUT2D eigenvalue weighted by Gasteiger charge is 2.24. The number of hydrogen-bond donors (Lipinski definition) is 0. The maximum atomic E-state index is 9.24. The van der Waals surface area contributed by atoms with Crippen LogP contribution in [0.3, 0.4) is 0 Å². The van der Waals surface area contributed by atoms with Crippen molar-refractivity contribution in [3.8, 4) is 11.8 Å². The van der Waals surface area contributed by atoms with Gasteiger partial charge in [-0.25, -0.2) is 4.98 Å². The third kappa shape index (κ3) is 3.20. The first-order valence-corrected chi connectivity index (χ1v) is 7.17. The van der Waals surface area contributed by atoms with E-state index in [1.807, 2.05) is 12.1 Å². The molecule has 2 rings (SSSR count). The van der Waals surface area contributed by atoms with Crippen LogP contribution in [-0.4, -0.2) is 49.2 Å². The second-order valence-corrected chi connectivity index (χ2v) is 4.99. The van der Waals surface area contributed by atoms with Gasteiger partial charge in [0, 0.05) is 32.4 Å². The number of nitriles is 1. The Morgan fingerprint density at radius 3 is 2.75 bits per heavy atom. The summed E-state index contributed by atoms with van der Waals surface area (Å²) in [4.78, 5) is 8.92. The fraction of sp³-hybridized carbons (Fsp3) is 0.600. The van der Waals surface area contributed by atoms with Gasteiger partial charge in [0.2, 0.25) is 0 Å². The molecule has 1 aliphatic heterocycles. The summed E-state index contributed by atoms with van der Waals surface area (Å²) < 4.78 is 5.36. The molecule has 1 unspecified atom stereocenters. The van der Waals surface area contributed by atoms with Crippen LogP contribution in [0.5, 0.6) is 5.75 Å². The fourth-order valence-electron chi connectivity index (χ4n) is 2.63. The molecule has 1 atom stereocenters. The molecule has 108 valence electrons. The number of ether oxygens (including phenoxy) is 1. The Hall–Kier alpha value is -1.80. The molecule has 1 fully saturated rings. The van der Waals surface area contributed by atoms with Gasteiger partial charge in [0.15, 0.2) is 11.6 Å². The molecule has 1 aliphatic rings. The maximum absolute atomic E-state index is 9.24. The molecule has 0 saturated carbocycles. The predicted molar refractivity (Wildman–Crippen MR) is 78.9 cm³/mol. The van der Waals surface area contributed by atoms with E-state index in [9.17, 15) is 5.26 Å². The zero-order chi connectivity index (χ0) is 14.4. The molecular weight excluding hydrogens is 252 g/mol. The van der Waals surface area contributed by atoms with Crippen LogP contribution in [0.15, 0.2) is 18.3 Å². The summed E-state index contributed by atoms with van der Waals surface area (Å²) in [5.74, 6) is 1.71. The normalized spacial score (nSPS) is 17.6. The first-order valence-electron chi connectivity index (χ1n) is 7.17. The Bertz CT molecular complexity index is 463. The first kappa shape index (κ1) is 14.6. The third-order valence-corrected chi connectivity index (χ3v) is 3.74. The highest BCUT2D eigenvalue weighted by atomic mass is 16.5. The summed E-state index contributed by atoms with van der Waals surface area (Å²) in [6, 6.07) is 6.28. The topological polar surface area (TPSA) is 52.4 Å². The average molecular weight is 274 g/mol. The van der Waals surface area contributed by atoms with E-state index in [0.717, 1.165) is 50.6 Å². The number of hydrogen-bond acceptors (Lipinski definition) is 5. The van der Waals surface area contributed by atoms with E-state index >= 15 is 0 Å². The summed E-state index contributed by atoms with van der Waals surface area (Å²) in [6.07, 6.45) is 3.79. The van der Waals surface area contributed by atoms with Gasteiger partial charge in [-0.3, -0.25) is 4.90 Å². The molecular formula is C15H22N4O. The SMILES string of the molecule is CCCC(C#N)N1CCN(c2ncccc2OC)CC1. The molecule has 5 nitrogen and oxygen atoms in total. The zero-order valence-corrected chi connectivity index (χ0v) is 12.2. The van der Waals surface area contributed by atoms with E-state index in [0.29, 0.717) is 0 Å². The van der Waals surface area contributed by atoms with E-state index in [-0.39, 0.29) is 6.04 Å². The summed E-state index contributed by atoms with van der Waals surface area (Å²) in [5.41, 5.74) is 0. The summed E-state index contributed by atoms with van der Waals surface area (Å²) in [7, 11) is 1.67. The van der Waals surface area contributed by atoms with E-state index in [2.05, 4.69) is 27.8 Å². The number of nitrogens with zero attached hydrogens (tertiary/aromatic N) is 4. The maximum Gasteiger partial charge on any atom is 0.171 e. The van der Waals surface area contributed by atoms with Gasteiger partial charge in [0.1, 0.15) is 0 Å². The molecule has 0 aromatic carbocycles. The molecule has 0 spiro atoms. The van der Waals surface area contributed by atoms with Crippen LogP contribution in [0.25, 0.3) is 0 Å². The molecule has 0 amide bonds. The van der Waals surface area contributed by atoms with E-state index in [1.54, 1.807) is 13.3 Å². The van der Waals surface area contributed by atoms with Crippen LogP contribution in [-0.2, 0) is 0 Å². The van der Waals surface area contributed by atoms with Crippen LogP contribution < -0.4 is 9.64 Å². The fourth-order valence-corrected chi connectivity index (χ4v) is 2.63. The highest BCUT2D eigenvalue weighted by molar-refractivity contribution is 5.52. The van der Waals surface area contributed by atoms with Crippen molar-refractivity contribution in [2.45, 2.75) is 25.8 Å². The summed E-state index contributed by atoms with van der Waals surface area (Å²) in [5, 5.41) is 9.24. The second kappa shape index (κ2) is 7.11. The van der Waals surface area contributed by atoms with Crippen molar-refractivity contribution in [1.82, 2.24) is 9.88 Å². The van der Waals surface area contributed by atoms with Gasteiger partial charge in [0.25, 0.3) is 0 Å². The van der Waals surface area contributed by atoms with Crippen LogP contribution in [0.4, 0.5) is 5.82 Å². The van der Waals surface area contributed by atoms with Crippen LogP contribution in [0.1, 0.15) is 19.8 Å². The lowest BCUT2D eigenvalue weighted by atomic mass is 10.1. The van der Waals surface area contributed by atoms with Crippen molar-refractivity contribution in [2.75, 3.05) is 38.2 Å². The number of methoxy groups -OCH3 is 1. The molecule has 0 N–H and O–H groups in total. The van der Waals surface area contributed by atoms with Crippen LogP contribution >= 0.6 is 0 Å². The predicted octanol–water partition coefficient (Wildman–Crippen LogP) is 1.90. The van der Waals surface area contributed by atoms with Gasteiger partial charge >= 0.3 is 0 Å². The van der Waals surface area contributed by atoms with Gasteiger partial charge in [0.05, 0.1) is 19.2 Å². The van der Waals surface area contributed by atoms with Gasteiger partial charge in [-0.1, -0.05) is 13.3 Å². The first-order chi connectivity index (χ1) is 9.80. The Kier molecular flexibility index (Phi) is 5.19. The molecule has 5 heteroatoms. The monoisotopic (exact) mass is 274 g/mol. The molecule has 0 radical (unpaired) electrons. The van der Waals surface area contributed by atoms with E-state index < -0.39 is 0 Å². The largest absolute Gasteiger partial charge is 0.493 e. The number of pyridine rings is 1. The van der Waals surface area contributed by atoms with Gasteiger partial charge in [-0.15, -0.1) is 0 Å². The number of aromatic nitrogens is 1. The standard InChI is InChI=1S/C15H22N4O/c1-3-5-13(12-16)18-8-10-19(11-9-18)15-14(20-2)6-4-7-17-15/h4,6-7,13H,3,5,8-11H2,1-2H3. The zero-order valence-electron chi connectivity index (χ0n) is 12.2. The van der Waals surface area contributed by atoms with Crippen molar-refractivity contribution >= 4 is 5.82 Å². The molecule has 1 saturated heterocycles. The molecule has 1 aromatic rings. The lowest BCUT2D eigenvalue weighted by Gasteiger charge is -2.37. The lowest BCUT2D eigenvalue weighted by molar-refractivity contribution is 0.210. The molecule has 20 heavy (non-hydrogen) atoms. The van der Waals surface area contributed by atoms with Crippen LogP contribution in [0, 0.1) is 11.3 Å². The number of piperazine rings is 1. The minimum Gasteiger partial charge on any atom is -0.493 e. The van der Waals surface area contributed by atoms with Crippen LogP contribution in [0.2, 0.25) is 0 Å². The molecule has 1 aromatic heterocycles. The van der Waals surface area contributed by atoms with E-state index in [4.69, 9.17) is 4.74 Å². The van der Waals surface area contributed by atoms with Gasteiger partial charge in [-0.2, -0.15) is 5.26 Å². The van der Waals surface area contributed by atoms with Crippen molar-refractivity contribution < 1.29 is 4.74 Å². The Morgan fingerprint density at radius 2 is 2.15 bits per heavy atom.